The Bertz CT molecular complexity index is 187. The van der Waals surface area contributed by atoms with Gasteiger partial charge in [-0.05, 0) is 31.7 Å². The van der Waals surface area contributed by atoms with Gasteiger partial charge in [0, 0.05) is 19.1 Å². The summed E-state index contributed by atoms with van der Waals surface area (Å²) >= 11 is 0. The van der Waals surface area contributed by atoms with Crippen molar-refractivity contribution in [1.82, 2.24) is 5.32 Å². The highest BCUT2D eigenvalue weighted by molar-refractivity contribution is 4.84. The van der Waals surface area contributed by atoms with Crippen molar-refractivity contribution >= 4 is 0 Å². The second-order valence-corrected chi connectivity index (χ2v) is 5.44. The molecule has 0 amide bonds. The zero-order chi connectivity index (χ0) is 11.2. The van der Waals surface area contributed by atoms with E-state index >= 15 is 0 Å². The SMILES string of the molecule is CCNCC1CCOC1C1CCCCCC1. The second kappa shape index (κ2) is 6.61. The van der Waals surface area contributed by atoms with Crippen molar-refractivity contribution in [3.63, 3.8) is 0 Å². The van der Waals surface area contributed by atoms with E-state index in [1.165, 1.54) is 44.9 Å². The fraction of sp³-hybridized carbons (Fsp3) is 1.00. The third kappa shape index (κ3) is 3.21. The highest BCUT2D eigenvalue weighted by Crippen LogP contribution is 2.34. The predicted molar refractivity (Wildman–Crippen MR) is 67.6 cm³/mol. The van der Waals surface area contributed by atoms with E-state index in [9.17, 15) is 0 Å². The first-order valence-electron chi connectivity index (χ1n) is 7.24. The van der Waals surface area contributed by atoms with Crippen LogP contribution in [-0.2, 0) is 4.74 Å². The molecule has 2 unspecified atom stereocenters. The molecular weight excluding hydrogens is 198 g/mol. The molecule has 1 aliphatic carbocycles. The van der Waals surface area contributed by atoms with Gasteiger partial charge in [0.25, 0.3) is 0 Å². The van der Waals surface area contributed by atoms with Crippen molar-refractivity contribution in [3.05, 3.63) is 0 Å². The van der Waals surface area contributed by atoms with E-state index < -0.39 is 0 Å². The monoisotopic (exact) mass is 225 g/mol. The van der Waals surface area contributed by atoms with E-state index in [-0.39, 0.29) is 0 Å². The summed E-state index contributed by atoms with van der Waals surface area (Å²) < 4.78 is 6.02. The van der Waals surface area contributed by atoms with Gasteiger partial charge in [0.05, 0.1) is 6.10 Å². The molecule has 2 nitrogen and oxygen atoms in total. The molecule has 0 aromatic heterocycles. The lowest BCUT2D eigenvalue weighted by Gasteiger charge is -2.27. The topological polar surface area (TPSA) is 21.3 Å². The minimum absolute atomic E-state index is 0.567. The lowest BCUT2D eigenvalue weighted by Crippen LogP contribution is -2.33. The highest BCUT2D eigenvalue weighted by Gasteiger charge is 2.34. The summed E-state index contributed by atoms with van der Waals surface area (Å²) in [7, 11) is 0. The Hall–Kier alpha value is -0.0800. The van der Waals surface area contributed by atoms with Gasteiger partial charge in [0.15, 0.2) is 0 Å². The molecule has 0 aromatic rings. The minimum atomic E-state index is 0.567. The van der Waals surface area contributed by atoms with Crippen LogP contribution in [0.15, 0.2) is 0 Å². The summed E-state index contributed by atoms with van der Waals surface area (Å²) in [6.45, 7) is 5.44. The van der Waals surface area contributed by atoms with E-state index in [1.807, 2.05) is 0 Å². The first kappa shape index (κ1) is 12.4. The van der Waals surface area contributed by atoms with Gasteiger partial charge in [-0.3, -0.25) is 0 Å². The van der Waals surface area contributed by atoms with Crippen molar-refractivity contribution in [2.75, 3.05) is 19.7 Å². The first-order chi connectivity index (χ1) is 7.92. The van der Waals surface area contributed by atoms with Crippen molar-refractivity contribution in [3.8, 4) is 0 Å². The number of hydrogen-bond acceptors (Lipinski definition) is 2. The third-order valence-electron chi connectivity index (χ3n) is 4.28. The lowest BCUT2D eigenvalue weighted by atomic mass is 9.86. The Balaban J connectivity index is 1.85. The van der Waals surface area contributed by atoms with Crippen molar-refractivity contribution in [2.45, 2.75) is 58.0 Å². The van der Waals surface area contributed by atoms with E-state index in [0.29, 0.717) is 6.10 Å². The Morgan fingerprint density at radius 1 is 1.06 bits per heavy atom. The average Bonchev–Trinajstić information content (AvgIpc) is 2.60. The molecule has 0 aromatic carbocycles. The molecule has 94 valence electrons. The standard InChI is InChI=1S/C14H27NO/c1-2-15-11-13-9-10-16-14(13)12-7-5-3-4-6-8-12/h12-15H,2-11H2,1H3. The van der Waals surface area contributed by atoms with Crippen LogP contribution in [0.4, 0.5) is 0 Å². The number of hydrogen-bond donors (Lipinski definition) is 1. The van der Waals surface area contributed by atoms with E-state index in [1.54, 1.807) is 0 Å². The van der Waals surface area contributed by atoms with Crippen LogP contribution in [0.3, 0.4) is 0 Å². The number of nitrogens with one attached hydrogen (secondary N) is 1. The van der Waals surface area contributed by atoms with Crippen LogP contribution in [0.1, 0.15) is 51.9 Å². The minimum Gasteiger partial charge on any atom is -0.378 e. The van der Waals surface area contributed by atoms with Crippen LogP contribution < -0.4 is 5.32 Å². The van der Waals surface area contributed by atoms with E-state index in [0.717, 1.165) is 31.5 Å². The largest absolute Gasteiger partial charge is 0.378 e. The van der Waals surface area contributed by atoms with Gasteiger partial charge in [0.2, 0.25) is 0 Å². The van der Waals surface area contributed by atoms with Crippen LogP contribution in [0, 0.1) is 11.8 Å². The molecule has 1 aliphatic heterocycles. The van der Waals surface area contributed by atoms with Gasteiger partial charge in [-0.25, -0.2) is 0 Å². The van der Waals surface area contributed by atoms with Gasteiger partial charge >= 0.3 is 0 Å². The quantitative estimate of drug-likeness (QED) is 0.743. The molecule has 1 N–H and O–H groups in total. The summed E-state index contributed by atoms with van der Waals surface area (Å²) in [4.78, 5) is 0. The van der Waals surface area contributed by atoms with Gasteiger partial charge in [0.1, 0.15) is 0 Å². The van der Waals surface area contributed by atoms with E-state index in [4.69, 9.17) is 4.74 Å². The molecule has 2 aliphatic rings. The molecule has 2 fully saturated rings. The number of rotatable bonds is 4. The molecule has 2 rings (SSSR count). The predicted octanol–water partition coefficient (Wildman–Crippen LogP) is 2.97. The molecule has 0 radical (unpaired) electrons. The Morgan fingerprint density at radius 3 is 2.50 bits per heavy atom. The highest BCUT2D eigenvalue weighted by atomic mass is 16.5. The average molecular weight is 225 g/mol. The number of ether oxygens (including phenoxy) is 1. The summed E-state index contributed by atoms with van der Waals surface area (Å²) in [6, 6.07) is 0. The van der Waals surface area contributed by atoms with Crippen LogP contribution in [-0.4, -0.2) is 25.8 Å². The zero-order valence-electron chi connectivity index (χ0n) is 10.7. The zero-order valence-corrected chi connectivity index (χ0v) is 10.7. The van der Waals surface area contributed by atoms with Crippen LogP contribution in [0.25, 0.3) is 0 Å². The molecule has 2 atom stereocenters. The lowest BCUT2D eigenvalue weighted by molar-refractivity contribution is 0.0355. The van der Waals surface area contributed by atoms with Crippen LogP contribution in [0.2, 0.25) is 0 Å². The van der Waals surface area contributed by atoms with Gasteiger partial charge < -0.3 is 10.1 Å². The van der Waals surface area contributed by atoms with Crippen LogP contribution in [0.5, 0.6) is 0 Å². The third-order valence-corrected chi connectivity index (χ3v) is 4.28. The molecular formula is C14H27NO. The summed E-state index contributed by atoms with van der Waals surface area (Å²) in [6.07, 6.45) is 10.4. The maximum Gasteiger partial charge on any atom is 0.0644 e. The fourth-order valence-corrected chi connectivity index (χ4v) is 3.36. The van der Waals surface area contributed by atoms with Crippen molar-refractivity contribution in [2.24, 2.45) is 11.8 Å². The summed E-state index contributed by atoms with van der Waals surface area (Å²) in [5.74, 6) is 1.64. The molecule has 1 saturated carbocycles. The Labute approximate surface area is 100 Å². The molecule has 0 spiro atoms. The van der Waals surface area contributed by atoms with Crippen molar-refractivity contribution < 1.29 is 4.74 Å². The molecule has 2 heteroatoms. The first-order valence-corrected chi connectivity index (χ1v) is 7.24. The molecule has 1 saturated heterocycles. The van der Waals surface area contributed by atoms with Crippen LogP contribution >= 0.6 is 0 Å². The van der Waals surface area contributed by atoms with E-state index in [2.05, 4.69) is 12.2 Å². The normalized spacial score (nSPS) is 32.8. The smallest absolute Gasteiger partial charge is 0.0644 e. The Kier molecular flexibility index (Phi) is 5.11. The molecule has 0 bridgehead atoms. The van der Waals surface area contributed by atoms with Gasteiger partial charge in [-0.1, -0.05) is 32.6 Å². The molecule has 1 heterocycles. The van der Waals surface area contributed by atoms with Gasteiger partial charge in [-0.15, -0.1) is 0 Å². The summed E-state index contributed by atoms with van der Waals surface area (Å²) in [5.41, 5.74) is 0. The summed E-state index contributed by atoms with van der Waals surface area (Å²) in [5, 5.41) is 3.49. The Morgan fingerprint density at radius 2 is 1.81 bits per heavy atom. The maximum absolute atomic E-state index is 6.02. The molecule has 16 heavy (non-hydrogen) atoms. The second-order valence-electron chi connectivity index (χ2n) is 5.44. The van der Waals surface area contributed by atoms with Gasteiger partial charge in [-0.2, -0.15) is 0 Å². The fourth-order valence-electron chi connectivity index (χ4n) is 3.36. The van der Waals surface area contributed by atoms with Crippen molar-refractivity contribution in [1.29, 1.82) is 0 Å². The maximum atomic E-state index is 6.02.